The summed E-state index contributed by atoms with van der Waals surface area (Å²) in [5.41, 5.74) is 4.70. The Morgan fingerprint density at radius 3 is 2.38 bits per heavy atom. The predicted octanol–water partition coefficient (Wildman–Crippen LogP) is 5.53. The van der Waals surface area contributed by atoms with Gasteiger partial charge in [-0.05, 0) is 68.8 Å². The molecule has 214 valence electrons. The van der Waals surface area contributed by atoms with Crippen LogP contribution in [0.2, 0.25) is 5.02 Å². The second kappa shape index (κ2) is 13.8. The van der Waals surface area contributed by atoms with Gasteiger partial charge in [0.25, 0.3) is 6.47 Å². The van der Waals surface area contributed by atoms with Gasteiger partial charge in [-0.3, -0.25) is 19.5 Å². The maximum atomic E-state index is 13.6. The van der Waals surface area contributed by atoms with Crippen molar-refractivity contribution in [2.24, 2.45) is 7.05 Å². The number of pyridine rings is 1. The fraction of sp³-hybridized carbons (Fsp3) is 0.419. The highest BCUT2D eigenvalue weighted by molar-refractivity contribution is 6.34. The zero-order valence-corrected chi connectivity index (χ0v) is 25.3. The van der Waals surface area contributed by atoms with E-state index in [0.29, 0.717) is 22.8 Å². The van der Waals surface area contributed by atoms with Crippen LogP contribution in [-0.2, 0) is 16.6 Å². The summed E-state index contributed by atoms with van der Waals surface area (Å²) >= 11 is 6.43. The molecule has 1 atom stereocenters. The normalized spacial score (nSPS) is 17.0. The second-order valence-electron chi connectivity index (χ2n) is 10.6. The molecule has 1 aromatic carbocycles. The highest BCUT2D eigenvalue weighted by atomic mass is 35.5. The van der Waals surface area contributed by atoms with Gasteiger partial charge in [0.1, 0.15) is 11.3 Å². The van der Waals surface area contributed by atoms with Gasteiger partial charge >= 0.3 is 0 Å². The van der Waals surface area contributed by atoms with E-state index in [9.17, 15) is 9.59 Å². The smallest absolute Gasteiger partial charge is 0.293 e. The lowest BCUT2D eigenvalue weighted by molar-refractivity contribution is -0.138. The fourth-order valence-electron chi connectivity index (χ4n) is 4.66. The number of likely N-dealkylation sites (N-methyl/N-ethyl adjacent to an activating group) is 1. The van der Waals surface area contributed by atoms with Crippen LogP contribution in [0.5, 0.6) is 0 Å². The first-order chi connectivity index (χ1) is 19.1. The van der Waals surface area contributed by atoms with E-state index < -0.39 is 0 Å². The van der Waals surface area contributed by atoms with E-state index in [1.165, 1.54) is 0 Å². The number of fused-ring (bicyclic) bond motifs is 2. The maximum absolute atomic E-state index is 13.6. The summed E-state index contributed by atoms with van der Waals surface area (Å²) in [5.74, 6) is -0.0719. The van der Waals surface area contributed by atoms with Crippen LogP contribution < -0.4 is 0 Å². The molecule has 3 aromatic rings. The van der Waals surface area contributed by atoms with Gasteiger partial charge in [0.05, 0.1) is 24.3 Å². The van der Waals surface area contributed by atoms with E-state index >= 15 is 0 Å². The molecule has 1 aliphatic heterocycles. The van der Waals surface area contributed by atoms with Gasteiger partial charge in [-0.25, -0.2) is 4.98 Å². The average molecular weight is 566 g/mol. The molecule has 40 heavy (non-hydrogen) atoms. The molecule has 0 N–H and O–H groups in total. The topological polar surface area (TPSA) is 80.6 Å². The highest BCUT2D eigenvalue weighted by Crippen LogP contribution is 2.41. The first-order valence-corrected chi connectivity index (χ1v) is 14.0. The van der Waals surface area contributed by atoms with Crippen molar-refractivity contribution < 1.29 is 14.3 Å². The van der Waals surface area contributed by atoms with Crippen LogP contribution in [0.3, 0.4) is 0 Å². The molecule has 1 aliphatic carbocycles. The number of nitrogens with zero attached hydrogens (tertiary/aromatic N) is 5. The minimum Gasteiger partial charge on any atom is -0.462 e. The molecule has 2 aromatic heterocycles. The number of allylic oxidation sites excluding steroid dienone is 1. The van der Waals surface area contributed by atoms with E-state index in [2.05, 4.69) is 32.6 Å². The van der Waals surface area contributed by atoms with Gasteiger partial charge in [0.15, 0.2) is 0 Å². The zero-order chi connectivity index (χ0) is 29.4. The second-order valence-corrected chi connectivity index (χ2v) is 11.0. The molecular weight excluding hydrogens is 526 g/mol. The average Bonchev–Trinajstić information content (AvgIpc) is 3.30. The summed E-state index contributed by atoms with van der Waals surface area (Å²) in [4.78, 5) is 37.0. The number of aryl methyl sites for hydroxylation is 1. The van der Waals surface area contributed by atoms with Gasteiger partial charge in [-0.15, -0.1) is 0 Å². The number of ether oxygens (including phenoxy) is 1. The Morgan fingerprint density at radius 2 is 1.80 bits per heavy atom. The van der Waals surface area contributed by atoms with Crippen LogP contribution >= 0.6 is 11.6 Å². The molecule has 1 saturated heterocycles. The highest BCUT2D eigenvalue weighted by Gasteiger charge is 2.34. The molecule has 0 bridgehead atoms. The third-order valence-corrected chi connectivity index (χ3v) is 6.86. The fourth-order valence-corrected chi connectivity index (χ4v) is 4.83. The number of rotatable bonds is 4. The van der Waals surface area contributed by atoms with Gasteiger partial charge in [0, 0.05) is 50.0 Å². The third-order valence-electron chi connectivity index (χ3n) is 6.63. The van der Waals surface area contributed by atoms with E-state index in [1.807, 2.05) is 78.2 Å². The van der Waals surface area contributed by atoms with Crippen LogP contribution in [0, 0.1) is 0 Å². The lowest BCUT2D eigenvalue weighted by Crippen LogP contribution is -2.46. The number of Topliss-reactive ketones (excluding diaryl/α,β-unsaturated/α-hetero) is 1. The van der Waals surface area contributed by atoms with E-state index in [0.717, 1.165) is 48.6 Å². The number of hydrogen-bond donors (Lipinski definition) is 0. The summed E-state index contributed by atoms with van der Waals surface area (Å²) < 4.78 is 6.30. The standard InChI is InChI=1S/C24H24ClN5O.C5H10O2.C2H6/c1-28-8-10-30(11-9-28)23-18-6-5-17(25)13-19(18)20(12-16-4-3-7-27-22(16)23)24(31)21-14-26-15-29(21)2;1-5(2,3)7-4-6;1-2/h3-7,12-15,23H,8-11H2,1-2H3;4H,1-3H3;1-2H3. The summed E-state index contributed by atoms with van der Waals surface area (Å²) in [6.45, 7) is 13.8. The molecule has 5 rings (SSSR count). The number of carbonyl (C=O) groups excluding carboxylic acids is 2. The van der Waals surface area contributed by atoms with Crippen molar-refractivity contribution >= 4 is 35.5 Å². The van der Waals surface area contributed by atoms with E-state index in [1.54, 1.807) is 17.1 Å². The quantitative estimate of drug-likeness (QED) is 0.304. The molecule has 3 heterocycles. The molecule has 8 nitrogen and oxygen atoms in total. The molecule has 9 heteroatoms. The zero-order valence-electron chi connectivity index (χ0n) is 24.5. The summed E-state index contributed by atoms with van der Waals surface area (Å²) in [5, 5.41) is 0.610. The SMILES string of the molecule is CC.CC(C)(C)OC=O.CN1CCN(C2c3ccc(Cl)cc3C(C(=O)c3cncn3C)=Cc3cccnc32)CC1. The Labute approximate surface area is 242 Å². The number of aromatic nitrogens is 3. The van der Waals surface area contributed by atoms with Gasteiger partial charge in [-0.1, -0.05) is 37.6 Å². The van der Waals surface area contributed by atoms with Crippen molar-refractivity contribution in [1.82, 2.24) is 24.3 Å². The molecule has 1 fully saturated rings. The Hall–Kier alpha value is -3.33. The van der Waals surface area contributed by atoms with E-state index in [-0.39, 0.29) is 17.4 Å². The molecule has 0 radical (unpaired) electrons. The van der Waals surface area contributed by atoms with Crippen LogP contribution in [0.4, 0.5) is 0 Å². The number of halogens is 1. The molecule has 0 spiro atoms. The van der Waals surface area contributed by atoms with Crippen molar-refractivity contribution in [3.63, 3.8) is 0 Å². The summed E-state index contributed by atoms with van der Waals surface area (Å²) in [6, 6.07) is 9.79. The van der Waals surface area contributed by atoms with Crippen molar-refractivity contribution in [3.8, 4) is 0 Å². The number of ketones is 1. The number of imidazole rings is 1. The van der Waals surface area contributed by atoms with Gasteiger partial charge in [0.2, 0.25) is 5.78 Å². The van der Waals surface area contributed by atoms with Gasteiger partial charge in [-0.2, -0.15) is 0 Å². The van der Waals surface area contributed by atoms with Gasteiger partial charge < -0.3 is 14.2 Å². The Kier molecular flexibility index (Phi) is 10.8. The predicted molar refractivity (Wildman–Crippen MR) is 160 cm³/mol. The van der Waals surface area contributed by atoms with Crippen LogP contribution in [0.15, 0.2) is 49.1 Å². The van der Waals surface area contributed by atoms with Crippen LogP contribution in [-0.4, -0.2) is 75.4 Å². The summed E-state index contributed by atoms with van der Waals surface area (Å²) in [7, 11) is 3.98. The van der Waals surface area contributed by atoms with Crippen molar-refractivity contribution in [2.75, 3.05) is 33.2 Å². The van der Waals surface area contributed by atoms with Crippen LogP contribution in [0.25, 0.3) is 11.6 Å². The monoisotopic (exact) mass is 565 g/mol. The lowest BCUT2D eigenvalue weighted by Gasteiger charge is -2.38. The number of hydrogen-bond acceptors (Lipinski definition) is 7. The van der Waals surface area contributed by atoms with Crippen molar-refractivity contribution in [1.29, 1.82) is 0 Å². The molecule has 1 unspecified atom stereocenters. The Balaban J connectivity index is 0.000000430. The lowest BCUT2D eigenvalue weighted by atomic mass is 9.91. The van der Waals surface area contributed by atoms with Crippen LogP contribution in [0.1, 0.15) is 73.5 Å². The third kappa shape index (κ3) is 7.44. The minimum absolute atomic E-state index is 0.0368. The first-order valence-electron chi connectivity index (χ1n) is 13.6. The first kappa shape index (κ1) is 31.2. The maximum Gasteiger partial charge on any atom is 0.293 e. The molecule has 2 aliphatic rings. The number of piperazine rings is 1. The number of benzene rings is 1. The summed E-state index contributed by atoms with van der Waals surface area (Å²) in [6.07, 6.45) is 7.05. The van der Waals surface area contributed by atoms with Crippen molar-refractivity contribution in [3.05, 3.63) is 82.2 Å². The molecule has 0 saturated carbocycles. The minimum atomic E-state index is -0.318. The van der Waals surface area contributed by atoms with E-state index in [4.69, 9.17) is 16.6 Å². The number of carbonyl (C=O) groups is 2. The largest absolute Gasteiger partial charge is 0.462 e. The van der Waals surface area contributed by atoms with Crippen molar-refractivity contribution in [2.45, 2.75) is 46.3 Å². The molecule has 0 amide bonds. The molecular formula is C31H40ClN5O3. The Bertz CT molecular complexity index is 1340. The Morgan fingerprint density at radius 1 is 1.10 bits per heavy atom.